The van der Waals surface area contributed by atoms with E-state index in [2.05, 4.69) is 137 Å². The second kappa shape index (κ2) is 34.1. The Labute approximate surface area is 439 Å². The van der Waals surface area contributed by atoms with Crippen LogP contribution in [0.3, 0.4) is 0 Å². The maximum absolute atomic E-state index is 5.13. The molecule has 1 aliphatic rings. The molecule has 8 aromatic rings. The van der Waals surface area contributed by atoms with Crippen LogP contribution in [0, 0.1) is 62.3 Å². The van der Waals surface area contributed by atoms with Crippen molar-refractivity contribution in [3.63, 3.8) is 0 Å². The van der Waals surface area contributed by atoms with Crippen molar-refractivity contribution in [3.05, 3.63) is 127 Å². The summed E-state index contributed by atoms with van der Waals surface area (Å²) in [5, 5.41) is 17.8. The van der Waals surface area contributed by atoms with Crippen molar-refractivity contribution < 1.29 is 46.5 Å². The Kier molecular flexibility index (Phi) is 33.5. The predicted molar refractivity (Wildman–Crippen MR) is 293 cm³/mol. The van der Waals surface area contributed by atoms with E-state index in [9.17, 15) is 0 Å². The third kappa shape index (κ3) is 22.2. The summed E-state index contributed by atoms with van der Waals surface area (Å²) in [6.07, 6.45) is 5.90. The van der Waals surface area contributed by atoms with Crippen LogP contribution in [0.4, 0.5) is 0 Å². The molecule has 19 heteroatoms. The van der Waals surface area contributed by atoms with Gasteiger partial charge in [0, 0.05) is 94.4 Å². The van der Waals surface area contributed by atoms with Gasteiger partial charge in [0.05, 0.1) is 57.6 Å². The van der Waals surface area contributed by atoms with Crippen LogP contribution in [0.2, 0.25) is 0 Å². The molecule has 7 aromatic heterocycles. The van der Waals surface area contributed by atoms with Crippen molar-refractivity contribution in [2.45, 2.75) is 106 Å². The van der Waals surface area contributed by atoms with Gasteiger partial charge < -0.3 is 0 Å². The Morgan fingerprint density at radius 3 is 1.50 bits per heavy atom. The minimum Gasteiger partial charge on any atom is -0.242 e. The van der Waals surface area contributed by atoms with Gasteiger partial charge in [-0.1, -0.05) is 80.3 Å². The molecule has 70 heavy (non-hydrogen) atoms. The highest BCUT2D eigenvalue weighted by Gasteiger charge is 2.28. The maximum atomic E-state index is 5.13. The molecule has 1 atom stereocenters. The third-order valence-corrected chi connectivity index (χ3v) is 14.3. The summed E-state index contributed by atoms with van der Waals surface area (Å²) in [6, 6.07) is 16.6. The minimum absolute atomic E-state index is 0. The molecule has 0 bridgehead atoms. The molecule has 15 nitrogen and oxygen atoms in total. The van der Waals surface area contributed by atoms with Crippen LogP contribution in [0.25, 0.3) is 10.9 Å². The van der Waals surface area contributed by atoms with Crippen molar-refractivity contribution in [1.82, 2.24) is 18.5 Å². The number of quaternary nitrogens is 1. The van der Waals surface area contributed by atoms with E-state index in [1.54, 1.807) is 45.3 Å². The Balaban J connectivity index is -0.000000732. The molecule has 1 unspecified atom stereocenters. The Morgan fingerprint density at radius 1 is 0.643 bits per heavy atom. The van der Waals surface area contributed by atoms with Gasteiger partial charge in [-0.3, -0.25) is 0 Å². The number of amidine groups is 2. The summed E-state index contributed by atoms with van der Waals surface area (Å²) < 4.78 is 31.4. The van der Waals surface area contributed by atoms with Gasteiger partial charge in [-0.25, -0.2) is 18.2 Å². The first kappa shape index (κ1) is 68.9. The molecule has 0 aliphatic carbocycles. The highest BCUT2D eigenvalue weighted by atomic mass is 32.1. The molecule has 9 rings (SSSR count). The van der Waals surface area contributed by atoms with Crippen molar-refractivity contribution in [3.8, 4) is 0 Å². The van der Waals surface area contributed by atoms with Crippen molar-refractivity contribution in [2.24, 2.45) is 61.5 Å². The summed E-state index contributed by atoms with van der Waals surface area (Å²) in [6.45, 7) is 22.5. The minimum atomic E-state index is 0. The molecule has 0 fully saturated rings. The van der Waals surface area contributed by atoms with E-state index >= 15 is 0 Å². The standard InChI is InChI=1S/C10H13N2.C7H10N.C6H12N3.C6H10NO.C5H9N2S.C5H8NS.2C4H7N2S.4CH4/c1-8-9-6-4-5-7-10(9)12(3)11(8)2;1-7-5-3-4-6-8(7)2;1-5-7-9(4)6(2)8(5)3;1-5-4-6(2)8-7(5)3;1-4-6-8-5(2)7(4)3;1-5-6(2)3-4-7-5;1-4-6(2)5-3-7-4;1-4-6(2)3-5-7-4;;;;/h4-7H,1-3H3;3-6H,1-2H3;1-4H3;4H,1-3H3;1-3H3;3-4H,1-2H3;2*3H,1-2H3;4*1H4/q8*+1;;;;/p+1. The SMILES string of the molecule is C.C.C.C.CC1=N[NH+](C)C(C)=[N+]1C.Cc1c2ccccc2[n+](C)n1C.Cc1cc(C)[n+](C)o1.Cc1cccc[n+]1C.Cc1nsc(C)[n+]1C.Cc1scc[n+]1C.Cc1scn[n+]1C.Cc1snc[n+]1C. The zero-order chi connectivity index (χ0) is 49.8. The summed E-state index contributed by atoms with van der Waals surface area (Å²) in [5.74, 6) is 4.40. The summed E-state index contributed by atoms with van der Waals surface area (Å²) in [7, 11) is 20.1. The zero-order valence-corrected chi connectivity index (χ0v) is 46.6. The van der Waals surface area contributed by atoms with E-state index in [1.165, 1.54) is 59.7 Å². The number of thiazole rings is 1. The van der Waals surface area contributed by atoms with Crippen LogP contribution >= 0.6 is 45.7 Å². The lowest BCUT2D eigenvalue weighted by molar-refractivity contribution is -0.850. The zero-order valence-electron chi connectivity index (χ0n) is 43.4. The van der Waals surface area contributed by atoms with Gasteiger partial charge in [-0.2, -0.15) is 13.8 Å². The van der Waals surface area contributed by atoms with E-state index in [1.807, 2.05) is 137 Å². The van der Waals surface area contributed by atoms with Crippen molar-refractivity contribution in [2.75, 3.05) is 14.1 Å². The Morgan fingerprint density at radius 2 is 1.26 bits per heavy atom. The number of pyridine rings is 1. The van der Waals surface area contributed by atoms with Crippen LogP contribution in [0.5, 0.6) is 0 Å². The second-order valence-electron chi connectivity index (χ2n) is 15.6. The number of fused-ring (bicyclic) bond motifs is 1. The number of hydrogen-bond acceptors (Lipinski definition) is 9. The van der Waals surface area contributed by atoms with E-state index < -0.39 is 0 Å². The lowest BCUT2D eigenvalue weighted by Crippen LogP contribution is -3.06. The van der Waals surface area contributed by atoms with Crippen LogP contribution in [-0.2, 0) is 56.4 Å². The van der Waals surface area contributed by atoms with E-state index in [0.717, 1.165) is 28.1 Å². The summed E-state index contributed by atoms with van der Waals surface area (Å²) >= 11 is 6.48. The number of nitrogens with zero attached hydrogens (tertiary/aromatic N) is 13. The van der Waals surface area contributed by atoms with Gasteiger partial charge in [-0.05, 0) is 17.7 Å². The van der Waals surface area contributed by atoms with E-state index in [0.29, 0.717) is 0 Å². The fourth-order valence-electron chi connectivity index (χ4n) is 5.35. The number of para-hydroxylation sites is 1. The van der Waals surface area contributed by atoms with Gasteiger partial charge in [0.15, 0.2) is 60.5 Å². The lowest BCUT2D eigenvalue weighted by Gasteiger charge is -1.89. The Hall–Kier alpha value is -5.34. The van der Waals surface area contributed by atoms with Gasteiger partial charge in [0.2, 0.25) is 16.2 Å². The quantitative estimate of drug-likeness (QED) is 0.180. The molecule has 0 amide bonds. The predicted octanol–water partition coefficient (Wildman–Crippen LogP) is 6.32. The van der Waals surface area contributed by atoms with E-state index in [4.69, 9.17) is 4.52 Å². The number of aryl methyl sites for hydroxylation is 15. The monoisotopic (exact) mass is 1050 g/mol. The highest BCUT2D eigenvalue weighted by molar-refractivity contribution is 7.09. The first-order valence-corrected chi connectivity index (χ1v) is 24.7. The van der Waals surface area contributed by atoms with Gasteiger partial charge >= 0.3 is 23.8 Å². The van der Waals surface area contributed by atoms with Crippen LogP contribution in [-0.4, -0.2) is 48.9 Å². The van der Waals surface area contributed by atoms with Gasteiger partial charge in [0.1, 0.15) is 49.3 Å². The average Bonchev–Trinajstić information content (AvgIpc) is 4.16. The van der Waals surface area contributed by atoms with Crippen LogP contribution in [0.15, 0.2) is 87.8 Å². The molecular formula is C51H93N14OS4+9. The molecule has 8 heterocycles. The second-order valence-corrected chi connectivity index (χ2v) is 19.7. The summed E-state index contributed by atoms with van der Waals surface area (Å²) in [5.41, 5.74) is 6.87. The summed E-state index contributed by atoms with van der Waals surface area (Å²) in [4.78, 5) is 0. The molecule has 0 saturated heterocycles. The average molecular weight is 1050 g/mol. The smallest absolute Gasteiger partial charge is 0.242 e. The van der Waals surface area contributed by atoms with Gasteiger partial charge in [0.25, 0.3) is 5.01 Å². The lowest BCUT2D eigenvalue weighted by atomic mass is 10.2. The first-order valence-electron chi connectivity index (χ1n) is 21.4. The number of benzene rings is 1. The maximum Gasteiger partial charge on any atom is 0.361 e. The number of aromatic nitrogens is 11. The molecule has 0 radical (unpaired) electrons. The third-order valence-electron chi connectivity index (χ3n) is 11.0. The van der Waals surface area contributed by atoms with Crippen molar-refractivity contribution >= 4 is 68.3 Å². The molecular weight excluding hydrogens is 953 g/mol. The number of nitrogens with one attached hydrogen (secondary N) is 1. The molecule has 0 saturated carbocycles. The largest absolute Gasteiger partial charge is 0.361 e. The topological polar surface area (TPSA) is 104 Å². The van der Waals surface area contributed by atoms with Crippen LogP contribution in [0.1, 0.15) is 92.3 Å². The fourth-order valence-corrected chi connectivity index (χ4v) is 7.72. The molecule has 1 N–H and O–H groups in total. The molecule has 1 aromatic carbocycles. The molecule has 0 spiro atoms. The van der Waals surface area contributed by atoms with Crippen molar-refractivity contribution in [1.29, 1.82) is 0 Å². The molecule has 388 valence electrons. The number of rotatable bonds is 0. The van der Waals surface area contributed by atoms with Crippen LogP contribution < -0.4 is 37.4 Å². The van der Waals surface area contributed by atoms with E-state index in [-0.39, 0.29) is 29.7 Å². The fraction of sp³-hybridized carbons (Fsp3) is 0.490. The molecule has 1 aliphatic heterocycles. The Bertz CT molecular complexity index is 2530. The van der Waals surface area contributed by atoms with Gasteiger partial charge in [-0.15, -0.1) is 4.68 Å². The first-order chi connectivity index (χ1) is 31.0. The number of hydrogen-bond donors (Lipinski definition) is 1. The normalized spacial score (nSPS) is 11.5. The highest BCUT2D eigenvalue weighted by Crippen LogP contribution is 2.13.